The summed E-state index contributed by atoms with van der Waals surface area (Å²) in [6, 6.07) is 8.18. The van der Waals surface area contributed by atoms with E-state index in [0.29, 0.717) is 22.4 Å². The zero-order chi connectivity index (χ0) is 17.3. The summed E-state index contributed by atoms with van der Waals surface area (Å²) in [6.45, 7) is 4.26. The number of hydrogen-bond acceptors (Lipinski definition) is 4. The molecule has 0 radical (unpaired) electrons. The van der Waals surface area contributed by atoms with Crippen molar-refractivity contribution in [1.82, 2.24) is 4.98 Å². The molecule has 122 valence electrons. The van der Waals surface area contributed by atoms with Crippen LogP contribution < -0.4 is 5.73 Å². The average molecular weight is 338 g/mol. The minimum atomic E-state index is -0.453. The van der Waals surface area contributed by atoms with Crippen LogP contribution in [-0.2, 0) is 11.2 Å². The first-order chi connectivity index (χ1) is 11.5. The van der Waals surface area contributed by atoms with Gasteiger partial charge in [0.2, 0.25) is 0 Å². The quantitative estimate of drug-likeness (QED) is 0.871. The number of pyridine rings is 1. The van der Waals surface area contributed by atoms with E-state index in [1.807, 2.05) is 23.6 Å². The lowest BCUT2D eigenvalue weighted by molar-refractivity contribution is -0.115. The molecule has 0 aliphatic carbocycles. The molecule has 2 aromatic rings. The molecule has 5 nitrogen and oxygen atoms in total. The van der Waals surface area contributed by atoms with Crippen molar-refractivity contribution in [2.45, 2.75) is 20.3 Å². The molecule has 24 heavy (non-hydrogen) atoms. The van der Waals surface area contributed by atoms with E-state index < -0.39 is 10.5 Å². The Morgan fingerprint density at radius 3 is 2.88 bits per heavy atom. The number of amides is 1. The highest BCUT2D eigenvalue weighted by atomic mass is 32.2. The molecule has 1 aliphatic heterocycles. The molecule has 0 fully saturated rings. The fraction of sp³-hybridized carbons (Fsp3) is 0.278. The van der Waals surface area contributed by atoms with E-state index in [1.165, 1.54) is 0 Å². The van der Waals surface area contributed by atoms with Crippen molar-refractivity contribution in [1.29, 1.82) is 5.26 Å². The smallest absolute Gasteiger partial charge is 0.258 e. The van der Waals surface area contributed by atoms with Crippen molar-refractivity contribution < 1.29 is 4.79 Å². The third kappa shape index (κ3) is 3.22. The third-order valence-corrected chi connectivity index (χ3v) is 5.54. The summed E-state index contributed by atoms with van der Waals surface area (Å²) in [5.74, 6) is 0.619. The summed E-state index contributed by atoms with van der Waals surface area (Å²) in [5.41, 5.74) is 9.32. The zero-order valence-corrected chi connectivity index (χ0v) is 14.4. The molecule has 1 atom stereocenters. The van der Waals surface area contributed by atoms with Gasteiger partial charge in [0.15, 0.2) is 5.17 Å². The fourth-order valence-electron chi connectivity index (χ4n) is 2.75. The van der Waals surface area contributed by atoms with Crippen molar-refractivity contribution in [3.05, 3.63) is 41.1 Å². The summed E-state index contributed by atoms with van der Waals surface area (Å²) in [5, 5.41) is 12.8. The second kappa shape index (κ2) is 6.54. The van der Waals surface area contributed by atoms with Gasteiger partial charge in [-0.2, -0.15) is 10.3 Å². The number of nitriles is 1. The van der Waals surface area contributed by atoms with Gasteiger partial charge in [-0.05, 0) is 41.0 Å². The number of rotatable bonds is 3. The Bertz CT molecular complexity index is 938. The summed E-state index contributed by atoms with van der Waals surface area (Å²) in [7, 11) is -0.453. The topological polar surface area (TPSA) is 92.1 Å². The van der Waals surface area contributed by atoms with Gasteiger partial charge in [-0.25, -0.2) is 0 Å². The Labute approximate surface area is 143 Å². The summed E-state index contributed by atoms with van der Waals surface area (Å²) in [6.07, 6.45) is 2.46. The lowest BCUT2D eigenvalue weighted by Gasteiger charge is -2.11. The van der Waals surface area contributed by atoms with Crippen LogP contribution in [-0.4, -0.2) is 27.2 Å². The van der Waals surface area contributed by atoms with Crippen LogP contribution in [0.15, 0.2) is 29.4 Å². The van der Waals surface area contributed by atoms with E-state index in [2.05, 4.69) is 29.9 Å². The Balaban J connectivity index is 2.13. The number of aliphatic imine (C=N–C) groups is 1. The molecule has 0 bridgehead atoms. The predicted molar refractivity (Wildman–Crippen MR) is 99.3 cm³/mol. The van der Waals surface area contributed by atoms with Crippen LogP contribution in [0.4, 0.5) is 0 Å². The standard InChI is InChI=1S/C18H18N4OS/c1-11(2)5-14-13(7-19)8-21-16-4-3-12(6-15(14)16)9-24-10-17(23)22-18(24)20/h3-4,6,8-9,11H,5,10H2,1-2H3,(H2,20,22,23). The third-order valence-electron chi connectivity index (χ3n) is 3.80. The molecule has 0 saturated heterocycles. The average Bonchev–Trinajstić information content (AvgIpc) is 2.85. The highest BCUT2D eigenvalue weighted by Crippen LogP contribution is 2.26. The summed E-state index contributed by atoms with van der Waals surface area (Å²) in [4.78, 5) is 19.6. The summed E-state index contributed by atoms with van der Waals surface area (Å²) >= 11 is 0. The number of amidine groups is 1. The Morgan fingerprint density at radius 1 is 1.46 bits per heavy atom. The molecule has 1 aromatic carbocycles. The van der Waals surface area contributed by atoms with E-state index in [9.17, 15) is 10.1 Å². The van der Waals surface area contributed by atoms with Crippen molar-refractivity contribution >= 4 is 37.8 Å². The van der Waals surface area contributed by atoms with Crippen LogP contribution in [0.2, 0.25) is 0 Å². The van der Waals surface area contributed by atoms with Crippen molar-refractivity contribution in [2.75, 3.05) is 5.75 Å². The SMILES string of the molecule is CC(C)Cc1c(C#N)cnc2ccc(/C=S3/CC(=O)N=C3N)cc12. The molecule has 1 unspecified atom stereocenters. The van der Waals surface area contributed by atoms with Gasteiger partial charge in [-0.15, -0.1) is 10.5 Å². The van der Waals surface area contributed by atoms with Gasteiger partial charge in [-0.1, -0.05) is 19.9 Å². The van der Waals surface area contributed by atoms with Gasteiger partial charge in [-0.3, -0.25) is 9.78 Å². The molecule has 1 aromatic heterocycles. The van der Waals surface area contributed by atoms with Gasteiger partial charge in [0.05, 0.1) is 16.8 Å². The van der Waals surface area contributed by atoms with Gasteiger partial charge in [0.1, 0.15) is 6.07 Å². The molecule has 1 amide bonds. The van der Waals surface area contributed by atoms with Crippen molar-refractivity contribution in [3.63, 3.8) is 0 Å². The van der Waals surface area contributed by atoms with E-state index >= 15 is 0 Å². The lowest BCUT2D eigenvalue weighted by Crippen LogP contribution is -2.06. The molecule has 2 heterocycles. The molecule has 2 N–H and O–H groups in total. The highest BCUT2D eigenvalue weighted by Gasteiger charge is 2.16. The molecule has 3 rings (SSSR count). The van der Waals surface area contributed by atoms with Gasteiger partial charge in [0, 0.05) is 11.6 Å². The number of carbonyl (C=O) groups is 1. The van der Waals surface area contributed by atoms with Gasteiger partial charge >= 0.3 is 0 Å². The Kier molecular flexibility index (Phi) is 4.45. The second-order valence-electron chi connectivity index (χ2n) is 6.17. The molecule has 1 aliphatic rings. The highest BCUT2D eigenvalue weighted by molar-refractivity contribution is 8.28. The number of benzene rings is 1. The summed E-state index contributed by atoms with van der Waals surface area (Å²) < 4.78 is 0. The second-order valence-corrected chi connectivity index (χ2v) is 7.97. The first-order valence-electron chi connectivity index (χ1n) is 7.71. The number of nitrogens with zero attached hydrogens (tertiary/aromatic N) is 3. The number of hydrogen-bond donors (Lipinski definition) is 1. The first-order valence-corrected chi connectivity index (χ1v) is 9.17. The lowest BCUT2D eigenvalue weighted by atomic mass is 9.95. The largest absolute Gasteiger partial charge is 0.379 e. The molecule has 0 spiro atoms. The zero-order valence-electron chi connectivity index (χ0n) is 13.6. The monoisotopic (exact) mass is 338 g/mol. The number of aromatic nitrogens is 1. The normalized spacial score (nSPS) is 17.5. The van der Waals surface area contributed by atoms with E-state index in [0.717, 1.165) is 28.5 Å². The van der Waals surface area contributed by atoms with Gasteiger partial charge < -0.3 is 5.73 Å². The van der Waals surface area contributed by atoms with E-state index in [-0.39, 0.29) is 5.91 Å². The number of carbonyl (C=O) groups excluding carboxylic acids is 1. The first kappa shape index (κ1) is 16.3. The van der Waals surface area contributed by atoms with Crippen molar-refractivity contribution in [3.8, 4) is 6.07 Å². The minimum absolute atomic E-state index is 0.165. The van der Waals surface area contributed by atoms with Gasteiger partial charge in [0.25, 0.3) is 5.91 Å². The Hall–Kier alpha value is -2.52. The van der Waals surface area contributed by atoms with E-state index in [4.69, 9.17) is 5.73 Å². The number of fused-ring (bicyclic) bond motifs is 1. The van der Waals surface area contributed by atoms with Crippen LogP contribution in [0.1, 0.15) is 30.5 Å². The maximum Gasteiger partial charge on any atom is 0.258 e. The van der Waals surface area contributed by atoms with Crippen LogP contribution in [0.3, 0.4) is 0 Å². The van der Waals surface area contributed by atoms with Crippen LogP contribution in [0, 0.1) is 17.2 Å². The number of nitrogens with two attached hydrogens (primary N) is 1. The molecule has 0 saturated carbocycles. The maximum absolute atomic E-state index is 11.4. The molecular weight excluding hydrogens is 320 g/mol. The maximum atomic E-state index is 11.4. The van der Waals surface area contributed by atoms with Crippen molar-refractivity contribution in [2.24, 2.45) is 16.6 Å². The predicted octanol–water partition coefficient (Wildman–Crippen LogP) is 2.58. The van der Waals surface area contributed by atoms with Crippen LogP contribution in [0.25, 0.3) is 10.9 Å². The Morgan fingerprint density at radius 2 is 2.25 bits per heavy atom. The van der Waals surface area contributed by atoms with Crippen LogP contribution in [0.5, 0.6) is 0 Å². The van der Waals surface area contributed by atoms with Crippen LogP contribution >= 0.6 is 10.5 Å². The molecular formula is C18H18N4OS. The molecule has 6 heteroatoms. The van der Waals surface area contributed by atoms with E-state index in [1.54, 1.807) is 6.20 Å². The minimum Gasteiger partial charge on any atom is -0.379 e. The fourth-order valence-corrected chi connectivity index (χ4v) is 4.13.